The van der Waals surface area contributed by atoms with Gasteiger partial charge in [0, 0.05) is 24.6 Å². The molecule has 1 heterocycles. The van der Waals surface area contributed by atoms with Gasteiger partial charge in [-0.15, -0.1) is 18.7 Å². The van der Waals surface area contributed by atoms with Crippen LogP contribution in [0, 0.1) is 6.92 Å². The second-order valence-corrected chi connectivity index (χ2v) is 9.73. The first-order chi connectivity index (χ1) is 20.1. The predicted octanol–water partition coefficient (Wildman–Crippen LogP) is 6.14. The Morgan fingerprint density at radius 1 is 0.952 bits per heavy atom. The highest BCUT2D eigenvalue weighted by Gasteiger charge is 2.31. The lowest BCUT2D eigenvalue weighted by Crippen LogP contribution is -2.42. The number of thiocarbonyl (C=S) groups is 1. The molecule has 9 nitrogen and oxygen atoms in total. The lowest BCUT2D eigenvalue weighted by atomic mass is 10.1. The van der Waals surface area contributed by atoms with Crippen LogP contribution >= 0.6 is 12.2 Å². The molecule has 2 amide bonds. The average Bonchev–Trinajstić information content (AvgIpc) is 3.44. The van der Waals surface area contributed by atoms with Crippen LogP contribution in [0.5, 0.6) is 11.5 Å². The number of alkyl halides is 3. The molecule has 13 heteroatoms. The van der Waals surface area contributed by atoms with E-state index in [4.69, 9.17) is 17.0 Å². The number of amides is 2. The summed E-state index contributed by atoms with van der Waals surface area (Å²) in [7, 11) is 1.60. The number of nitrogens with zero attached hydrogens (tertiary/aromatic N) is 2. The highest BCUT2D eigenvalue weighted by Crippen LogP contribution is 2.27. The summed E-state index contributed by atoms with van der Waals surface area (Å²) < 4.78 is 46.3. The normalized spacial score (nSPS) is 12.7. The Morgan fingerprint density at radius 3 is 2.36 bits per heavy atom. The molecule has 222 valence electrons. The van der Waals surface area contributed by atoms with Crippen molar-refractivity contribution in [2.24, 2.45) is 0 Å². The van der Waals surface area contributed by atoms with E-state index in [9.17, 15) is 18.0 Å². The molecule has 0 aromatic heterocycles. The Labute approximate surface area is 247 Å². The number of benzene rings is 3. The van der Waals surface area contributed by atoms with Crippen LogP contribution in [0.25, 0.3) is 0 Å². The number of unbranched alkanes of at least 4 members (excludes halogenated alkanes) is 1. The molecule has 1 aliphatic rings. The van der Waals surface area contributed by atoms with E-state index < -0.39 is 6.36 Å². The molecule has 0 unspecified atom stereocenters. The summed E-state index contributed by atoms with van der Waals surface area (Å²) in [5.41, 5.74) is 7.54. The zero-order valence-corrected chi connectivity index (χ0v) is 23.8. The van der Waals surface area contributed by atoms with Gasteiger partial charge in [0.15, 0.2) is 5.11 Å². The first kappa shape index (κ1) is 30.5. The molecule has 0 fully saturated rings. The third-order valence-electron chi connectivity index (χ3n) is 6.20. The molecule has 42 heavy (non-hydrogen) atoms. The minimum absolute atomic E-state index is 0.202. The smallest absolute Gasteiger partial charge is 0.497 e. The van der Waals surface area contributed by atoms with Gasteiger partial charge in [-0.2, -0.15) is 0 Å². The fraction of sp³-hybridized carbons (Fsp3) is 0.241. The zero-order chi connectivity index (χ0) is 30.1. The molecule has 0 aliphatic carbocycles. The van der Waals surface area contributed by atoms with E-state index in [0.29, 0.717) is 12.2 Å². The molecular weight excluding hydrogens is 569 g/mol. The van der Waals surface area contributed by atoms with Crippen molar-refractivity contribution in [3.8, 4) is 11.5 Å². The molecule has 3 aromatic carbocycles. The number of ether oxygens (including phenoxy) is 2. The van der Waals surface area contributed by atoms with Crippen LogP contribution in [0.4, 0.5) is 35.0 Å². The minimum Gasteiger partial charge on any atom is -0.497 e. The maximum Gasteiger partial charge on any atom is 0.573 e. The Hall–Kier alpha value is -4.49. The van der Waals surface area contributed by atoms with Crippen molar-refractivity contribution in [1.29, 1.82) is 0 Å². The summed E-state index contributed by atoms with van der Waals surface area (Å²) in [5, 5.41) is 12.1. The van der Waals surface area contributed by atoms with Crippen molar-refractivity contribution in [1.82, 2.24) is 16.2 Å². The van der Waals surface area contributed by atoms with Crippen molar-refractivity contribution < 1.29 is 27.4 Å². The number of hydrogen-bond acceptors (Lipinski definition) is 7. The van der Waals surface area contributed by atoms with Gasteiger partial charge >= 0.3 is 12.4 Å². The summed E-state index contributed by atoms with van der Waals surface area (Å²) in [6.45, 7) is 2.41. The third-order valence-corrected chi connectivity index (χ3v) is 6.41. The number of rotatable bonds is 10. The first-order valence-electron chi connectivity index (χ1n) is 13.1. The largest absolute Gasteiger partial charge is 0.573 e. The van der Waals surface area contributed by atoms with E-state index in [0.717, 1.165) is 47.5 Å². The van der Waals surface area contributed by atoms with Crippen molar-refractivity contribution in [3.05, 3.63) is 90.3 Å². The second kappa shape index (κ2) is 13.9. The van der Waals surface area contributed by atoms with Crippen LogP contribution in [0.3, 0.4) is 0 Å². The number of nitrogens with one attached hydrogen (secondary N) is 4. The van der Waals surface area contributed by atoms with E-state index in [-0.39, 0.29) is 16.9 Å². The number of anilines is 3. The van der Waals surface area contributed by atoms with Crippen molar-refractivity contribution in [3.63, 3.8) is 0 Å². The number of hydrazine groups is 2. The van der Waals surface area contributed by atoms with Crippen LogP contribution in [-0.4, -0.2) is 31.2 Å². The van der Waals surface area contributed by atoms with Crippen LogP contribution in [-0.2, 0) is 6.42 Å². The highest BCUT2D eigenvalue weighted by atomic mass is 32.1. The van der Waals surface area contributed by atoms with E-state index in [1.165, 1.54) is 24.3 Å². The van der Waals surface area contributed by atoms with Gasteiger partial charge in [0.05, 0.1) is 18.5 Å². The quantitative estimate of drug-likeness (QED) is 0.163. The van der Waals surface area contributed by atoms with Crippen molar-refractivity contribution in [2.45, 2.75) is 32.5 Å². The molecule has 1 aliphatic heterocycles. The van der Waals surface area contributed by atoms with Gasteiger partial charge in [0.1, 0.15) is 11.5 Å². The maximum atomic E-state index is 12.4. The second-order valence-electron chi connectivity index (χ2n) is 9.32. The predicted molar refractivity (Wildman–Crippen MR) is 160 cm³/mol. The fourth-order valence-corrected chi connectivity index (χ4v) is 4.34. The summed E-state index contributed by atoms with van der Waals surface area (Å²) in [5.74, 6) is 0.457. The van der Waals surface area contributed by atoms with Crippen molar-refractivity contribution >= 4 is 40.4 Å². The minimum atomic E-state index is -4.73. The van der Waals surface area contributed by atoms with Crippen LogP contribution in [0.15, 0.2) is 79.1 Å². The molecule has 0 radical (unpaired) electrons. The molecule has 0 saturated heterocycles. The van der Waals surface area contributed by atoms with E-state index in [2.05, 4.69) is 26.2 Å². The van der Waals surface area contributed by atoms with Gasteiger partial charge in [-0.25, -0.2) is 4.79 Å². The molecule has 0 spiro atoms. The summed E-state index contributed by atoms with van der Waals surface area (Å²) in [6.07, 6.45) is 1.30. The highest BCUT2D eigenvalue weighted by molar-refractivity contribution is 7.80. The van der Waals surface area contributed by atoms with E-state index >= 15 is 0 Å². The number of carbonyl (C=O) groups excluding carboxylic acids is 1. The van der Waals surface area contributed by atoms with Gasteiger partial charge in [0.25, 0.3) is 0 Å². The van der Waals surface area contributed by atoms with Crippen LogP contribution < -0.4 is 41.0 Å². The van der Waals surface area contributed by atoms with Crippen molar-refractivity contribution in [2.75, 3.05) is 29.0 Å². The summed E-state index contributed by atoms with van der Waals surface area (Å²) in [4.78, 5) is 12.2. The number of urea groups is 1. The van der Waals surface area contributed by atoms with Gasteiger partial charge < -0.3 is 20.1 Å². The summed E-state index contributed by atoms with van der Waals surface area (Å²) in [6, 6.07) is 18.7. The van der Waals surface area contributed by atoms with Crippen LogP contribution in [0.1, 0.15) is 24.0 Å². The number of carbonyl (C=O) groups is 1. The number of halogens is 3. The van der Waals surface area contributed by atoms with E-state index in [1.807, 2.05) is 55.6 Å². The Kier molecular flexibility index (Phi) is 10.1. The van der Waals surface area contributed by atoms with Gasteiger partial charge in [-0.1, -0.05) is 12.1 Å². The monoisotopic (exact) mass is 600 g/mol. The SMILES string of the molecule is COc1ccc(NC(=S)NC(=O)NCCCCc2cccc(N3C=CN(c4ccc(OC(F)(F)F)cc4)N3)c2)c(C)c1. The van der Waals surface area contributed by atoms with Crippen LogP contribution in [0.2, 0.25) is 0 Å². The molecule has 3 aromatic rings. The van der Waals surface area contributed by atoms with E-state index in [1.54, 1.807) is 23.3 Å². The summed E-state index contributed by atoms with van der Waals surface area (Å²) >= 11 is 5.24. The fourth-order valence-electron chi connectivity index (χ4n) is 4.13. The molecular formula is C29H31F3N6O3S. The lowest BCUT2D eigenvalue weighted by molar-refractivity contribution is -0.274. The number of aryl methyl sites for hydroxylation is 2. The Balaban J connectivity index is 1.16. The average molecular weight is 601 g/mol. The number of methoxy groups -OCH3 is 1. The Bertz CT molecular complexity index is 1420. The van der Waals surface area contributed by atoms with Gasteiger partial charge in [-0.3, -0.25) is 15.3 Å². The van der Waals surface area contributed by atoms with Gasteiger partial charge in [0.2, 0.25) is 0 Å². The zero-order valence-electron chi connectivity index (χ0n) is 23.0. The first-order valence-corrected chi connectivity index (χ1v) is 13.5. The Morgan fingerprint density at radius 2 is 1.67 bits per heavy atom. The molecule has 4 N–H and O–H groups in total. The standard InChI is InChI=1S/C29H31F3N6O3S/c1-20-18-25(40-2)13-14-26(20)34-28(42)35-27(39)33-15-4-3-6-21-7-5-8-23(19-21)38-17-16-37(36-38)22-9-11-24(12-10-22)41-29(30,31)32/h5,7-14,16-19,36H,3-4,6,15H2,1-2H3,(H3,33,34,35,39,42). The number of hydrogen-bond donors (Lipinski definition) is 4. The molecule has 4 rings (SSSR count). The third kappa shape index (κ3) is 9.01. The van der Waals surface area contributed by atoms with Gasteiger partial charge in [-0.05, 0) is 104 Å². The lowest BCUT2D eigenvalue weighted by Gasteiger charge is -2.23. The molecule has 0 bridgehead atoms. The maximum absolute atomic E-state index is 12.4. The molecule has 0 atom stereocenters. The molecule has 0 saturated carbocycles. The topological polar surface area (TPSA) is 90.1 Å².